The molecule has 16 heavy (non-hydrogen) atoms. The number of nitrogens with zero attached hydrogens (tertiary/aromatic N) is 2. The lowest BCUT2D eigenvalue weighted by Gasteiger charge is -2.11. The fraction of sp³-hybridized carbons (Fsp3) is 0.0909. The Bertz CT molecular complexity index is 493. The average Bonchev–Trinajstić information content (AvgIpc) is 2.32. The van der Waals surface area contributed by atoms with Crippen LogP contribution in [0.1, 0.15) is 17.2 Å². The van der Waals surface area contributed by atoms with Crippen molar-refractivity contribution in [1.82, 2.24) is 10.2 Å². The zero-order valence-electron chi connectivity index (χ0n) is 8.14. The van der Waals surface area contributed by atoms with Crippen molar-refractivity contribution in [3.05, 3.63) is 58.1 Å². The third-order valence-corrected chi connectivity index (χ3v) is 2.67. The third-order valence-electron chi connectivity index (χ3n) is 2.18. The van der Waals surface area contributed by atoms with E-state index in [9.17, 15) is 9.50 Å². The summed E-state index contributed by atoms with van der Waals surface area (Å²) in [7, 11) is 0. The molecule has 0 aliphatic heterocycles. The molecule has 0 aliphatic carbocycles. The van der Waals surface area contributed by atoms with Gasteiger partial charge in [0.1, 0.15) is 11.9 Å². The van der Waals surface area contributed by atoms with E-state index in [1.54, 1.807) is 18.2 Å². The van der Waals surface area contributed by atoms with Crippen LogP contribution in [0.15, 0.2) is 41.1 Å². The number of halogens is 2. The molecule has 1 N–H and O–H groups in total. The SMILES string of the molecule is OC(c1ccnnc1)c1cc(Br)ccc1F. The second-order valence-corrected chi connectivity index (χ2v) is 4.16. The minimum Gasteiger partial charge on any atom is -0.383 e. The van der Waals surface area contributed by atoms with Crippen molar-refractivity contribution in [2.45, 2.75) is 6.10 Å². The number of rotatable bonds is 2. The van der Waals surface area contributed by atoms with Gasteiger partial charge in [0.15, 0.2) is 0 Å². The molecule has 3 nitrogen and oxygen atoms in total. The fourth-order valence-corrected chi connectivity index (χ4v) is 1.75. The van der Waals surface area contributed by atoms with Crippen LogP contribution in [0.3, 0.4) is 0 Å². The van der Waals surface area contributed by atoms with Gasteiger partial charge in [-0.3, -0.25) is 0 Å². The summed E-state index contributed by atoms with van der Waals surface area (Å²) in [6.07, 6.45) is 1.83. The summed E-state index contributed by atoms with van der Waals surface area (Å²) in [5.74, 6) is -0.451. The smallest absolute Gasteiger partial charge is 0.129 e. The van der Waals surface area contributed by atoms with E-state index in [1.165, 1.54) is 18.5 Å². The lowest BCUT2D eigenvalue weighted by molar-refractivity contribution is 0.214. The molecule has 1 aromatic heterocycles. The maximum atomic E-state index is 13.5. The van der Waals surface area contributed by atoms with Gasteiger partial charge in [0.2, 0.25) is 0 Å². The van der Waals surface area contributed by atoms with E-state index in [-0.39, 0.29) is 5.56 Å². The number of aliphatic hydroxyl groups excluding tert-OH is 1. The number of benzene rings is 1. The first-order valence-corrected chi connectivity index (χ1v) is 5.37. The molecule has 0 bridgehead atoms. The summed E-state index contributed by atoms with van der Waals surface area (Å²) in [4.78, 5) is 0. The van der Waals surface area contributed by atoms with E-state index in [1.807, 2.05) is 0 Å². The van der Waals surface area contributed by atoms with Crippen LogP contribution in [0.25, 0.3) is 0 Å². The Morgan fingerprint density at radius 3 is 2.75 bits per heavy atom. The monoisotopic (exact) mass is 282 g/mol. The van der Waals surface area contributed by atoms with E-state index in [0.717, 1.165) is 0 Å². The van der Waals surface area contributed by atoms with Crippen LogP contribution in [0.4, 0.5) is 4.39 Å². The van der Waals surface area contributed by atoms with Gasteiger partial charge in [0.05, 0.1) is 6.20 Å². The minimum absolute atomic E-state index is 0.211. The lowest BCUT2D eigenvalue weighted by atomic mass is 10.0. The number of hydrogen-bond donors (Lipinski definition) is 1. The van der Waals surface area contributed by atoms with Crippen LogP contribution in [0.5, 0.6) is 0 Å². The van der Waals surface area contributed by atoms with Gasteiger partial charge in [-0.05, 0) is 24.3 Å². The first-order valence-electron chi connectivity index (χ1n) is 4.58. The van der Waals surface area contributed by atoms with Crippen LogP contribution in [0, 0.1) is 5.82 Å². The fourth-order valence-electron chi connectivity index (χ4n) is 1.37. The van der Waals surface area contributed by atoms with E-state index in [0.29, 0.717) is 10.0 Å². The first kappa shape index (κ1) is 11.2. The van der Waals surface area contributed by atoms with Gasteiger partial charge in [-0.2, -0.15) is 10.2 Å². The van der Waals surface area contributed by atoms with Crippen LogP contribution in [-0.4, -0.2) is 15.3 Å². The molecule has 0 saturated heterocycles. The van der Waals surface area contributed by atoms with Crippen molar-refractivity contribution in [3.8, 4) is 0 Å². The van der Waals surface area contributed by atoms with E-state index >= 15 is 0 Å². The third kappa shape index (κ3) is 2.25. The highest BCUT2D eigenvalue weighted by Crippen LogP contribution is 2.26. The predicted molar refractivity (Wildman–Crippen MR) is 60.2 cm³/mol. The van der Waals surface area contributed by atoms with E-state index in [2.05, 4.69) is 26.1 Å². The van der Waals surface area contributed by atoms with Gasteiger partial charge in [-0.15, -0.1) is 0 Å². The van der Waals surface area contributed by atoms with Crippen LogP contribution < -0.4 is 0 Å². The van der Waals surface area contributed by atoms with Crippen LogP contribution >= 0.6 is 15.9 Å². The van der Waals surface area contributed by atoms with Crippen molar-refractivity contribution in [3.63, 3.8) is 0 Å². The topological polar surface area (TPSA) is 46.0 Å². The van der Waals surface area contributed by atoms with Crippen LogP contribution in [0.2, 0.25) is 0 Å². The van der Waals surface area contributed by atoms with Gasteiger partial charge < -0.3 is 5.11 Å². The Morgan fingerprint density at radius 2 is 2.06 bits per heavy atom. The molecule has 0 radical (unpaired) electrons. The summed E-state index contributed by atoms with van der Waals surface area (Å²) in [5.41, 5.74) is 0.717. The maximum absolute atomic E-state index is 13.5. The molecule has 0 spiro atoms. The summed E-state index contributed by atoms with van der Waals surface area (Å²) < 4.78 is 14.2. The second kappa shape index (κ2) is 4.67. The Labute approximate surface area is 100 Å². The summed E-state index contributed by atoms with van der Waals surface area (Å²) in [6.45, 7) is 0. The van der Waals surface area contributed by atoms with Gasteiger partial charge in [-0.25, -0.2) is 4.39 Å². The Balaban J connectivity index is 2.41. The molecule has 1 heterocycles. The highest BCUT2D eigenvalue weighted by Gasteiger charge is 2.15. The van der Waals surface area contributed by atoms with Crippen molar-refractivity contribution < 1.29 is 9.50 Å². The molecule has 82 valence electrons. The number of hydrogen-bond acceptors (Lipinski definition) is 3. The van der Waals surface area contributed by atoms with Crippen molar-refractivity contribution in [1.29, 1.82) is 0 Å². The molecule has 2 rings (SSSR count). The molecule has 0 saturated carbocycles. The van der Waals surface area contributed by atoms with Crippen molar-refractivity contribution >= 4 is 15.9 Å². The molecular weight excluding hydrogens is 275 g/mol. The van der Waals surface area contributed by atoms with Crippen molar-refractivity contribution in [2.24, 2.45) is 0 Å². The Kier molecular flexibility index (Phi) is 3.26. The lowest BCUT2D eigenvalue weighted by Crippen LogP contribution is -2.03. The summed E-state index contributed by atoms with van der Waals surface area (Å²) in [5, 5.41) is 17.2. The predicted octanol–water partition coefficient (Wildman–Crippen LogP) is 2.46. The number of aromatic nitrogens is 2. The maximum Gasteiger partial charge on any atom is 0.129 e. The molecule has 2 aromatic rings. The number of aliphatic hydroxyl groups is 1. The highest BCUT2D eigenvalue weighted by atomic mass is 79.9. The van der Waals surface area contributed by atoms with Gasteiger partial charge in [-0.1, -0.05) is 15.9 Å². The quantitative estimate of drug-likeness (QED) is 0.920. The molecule has 5 heteroatoms. The summed E-state index contributed by atoms with van der Waals surface area (Å²) >= 11 is 3.23. The second-order valence-electron chi connectivity index (χ2n) is 3.24. The molecular formula is C11H8BrFN2O. The average molecular weight is 283 g/mol. The molecule has 1 atom stereocenters. The van der Waals surface area contributed by atoms with Crippen molar-refractivity contribution in [2.75, 3.05) is 0 Å². The highest BCUT2D eigenvalue weighted by molar-refractivity contribution is 9.10. The summed E-state index contributed by atoms with van der Waals surface area (Å²) in [6, 6.07) is 6.02. The normalized spacial score (nSPS) is 12.4. The standard InChI is InChI=1S/C11H8BrFN2O/c12-8-1-2-10(13)9(5-8)11(16)7-3-4-14-15-6-7/h1-6,11,16H. The van der Waals surface area contributed by atoms with Gasteiger partial charge in [0.25, 0.3) is 0 Å². The molecule has 1 unspecified atom stereocenters. The zero-order chi connectivity index (χ0) is 11.5. The molecule has 0 fully saturated rings. The molecule has 1 aromatic carbocycles. The zero-order valence-corrected chi connectivity index (χ0v) is 9.73. The van der Waals surface area contributed by atoms with Gasteiger partial charge >= 0.3 is 0 Å². The minimum atomic E-state index is -1.03. The van der Waals surface area contributed by atoms with E-state index < -0.39 is 11.9 Å². The van der Waals surface area contributed by atoms with Gasteiger partial charge in [0, 0.05) is 21.8 Å². The van der Waals surface area contributed by atoms with Crippen LogP contribution in [-0.2, 0) is 0 Å². The first-order chi connectivity index (χ1) is 7.68. The Hall–Kier alpha value is -1.33. The largest absolute Gasteiger partial charge is 0.383 e. The van der Waals surface area contributed by atoms with E-state index in [4.69, 9.17) is 0 Å². The molecule has 0 amide bonds. The Morgan fingerprint density at radius 1 is 1.25 bits per heavy atom. The molecule has 0 aliphatic rings.